The molecule has 0 radical (unpaired) electrons. The van der Waals surface area contributed by atoms with Crippen LogP contribution in [0, 0.1) is 12.7 Å². The van der Waals surface area contributed by atoms with Gasteiger partial charge in [0, 0.05) is 11.6 Å². The van der Waals surface area contributed by atoms with Gasteiger partial charge in [-0.2, -0.15) is 4.98 Å². The molecule has 0 aliphatic rings. The van der Waals surface area contributed by atoms with Crippen molar-refractivity contribution in [2.24, 2.45) is 0 Å². The van der Waals surface area contributed by atoms with E-state index >= 15 is 0 Å². The van der Waals surface area contributed by atoms with Crippen LogP contribution in [0.25, 0.3) is 32.0 Å². The Bertz CT molecular complexity index is 1670. The lowest BCUT2D eigenvalue weighted by Gasteiger charge is -2.14. The minimum absolute atomic E-state index is 0.131. The Morgan fingerprint density at radius 3 is 2.56 bits per heavy atom. The number of carbonyl (C=O) groups excluding carboxylic acids is 1. The van der Waals surface area contributed by atoms with Crippen LogP contribution in [0.1, 0.15) is 12.5 Å². The summed E-state index contributed by atoms with van der Waals surface area (Å²) in [6.07, 6.45) is 2.81. The Labute approximate surface area is 225 Å². The summed E-state index contributed by atoms with van der Waals surface area (Å²) < 4.78 is 35.6. The number of methoxy groups -OCH3 is 2. The lowest BCUT2D eigenvalue weighted by Crippen LogP contribution is -2.25. The van der Waals surface area contributed by atoms with Gasteiger partial charge < -0.3 is 18.9 Å². The number of aryl methyl sites for hydroxylation is 1. The molecule has 0 aliphatic heterocycles. The first-order valence-corrected chi connectivity index (χ1v) is 12.4. The number of nitrogens with zero attached hydrogens (tertiary/aromatic N) is 6. The Hall–Kier alpha value is -4.72. The zero-order valence-electron chi connectivity index (χ0n) is 21.3. The van der Waals surface area contributed by atoms with Crippen LogP contribution in [0.15, 0.2) is 36.8 Å². The quantitative estimate of drug-likeness (QED) is 0.289. The van der Waals surface area contributed by atoms with Gasteiger partial charge in [-0.25, -0.2) is 34.1 Å². The number of amides is 1. The molecule has 200 valence electrons. The van der Waals surface area contributed by atoms with Crippen LogP contribution in [0.3, 0.4) is 0 Å². The van der Waals surface area contributed by atoms with Crippen LogP contribution in [0.2, 0.25) is 0 Å². The van der Waals surface area contributed by atoms with Crippen LogP contribution in [0.4, 0.5) is 14.9 Å². The number of fused-ring (bicyclic) bond motifs is 2. The molecule has 0 saturated carbocycles. The van der Waals surface area contributed by atoms with Gasteiger partial charge in [-0.3, -0.25) is 5.32 Å². The van der Waals surface area contributed by atoms with Crippen LogP contribution >= 0.6 is 11.3 Å². The summed E-state index contributed by atoms with van der Waals surface area (Å²) in [4.78, 5) is 38.2. The average Bonchev–Trinajstić information content (AvgIpc) is 3.33. The van der Waals surface area contributed by atoms with Gasteiger partial charge in [0.1, 0.15) is 28.1 Å². The molecule has 0 aliphatic carbocycles. The zero-order valence-corrected chi connectivity index (χ0v) is 22.1. The van der Waals surface area contributed by atoms with Gasteiger partial charge in [-0.15, -0.1) is 0 Å². The monoisotopic (exact) mass is 551 g/mol. The SMILES string of the molecule is COc1cnc2c(-c3nc4cc(F)c(OC[C@@H](C)OC(=O)Nc5cnc(OC)nc5)nc4s3)cc(C)cc2n1. The molecule has 4 heterocycles. The highest BCUT2D eigenvalue weighted by molar-refractivity contribution is 7.21. The van der Waals surface area contributed by atoms with Crippen molar-refractivity contribution in [3.63, 3.8) is 0 Å². The van der Waals surface area contributed by atoms with Crippen LogP contribution in [-0.2, 0) is 4.74 Å². The number of nitrogens with one attached hydrogen (secondary N) is 1. The van der Waals surface area contributed by atoms with E-state index in [2.05, 4.69) is 35.2 Å². The number of carbonyl (C=O) groups is 1. The van der Waals surface area contributed by atoms with Crippen molar-refractivity contribution in [3.8, 4) is 28.3 Å². The van der Waals surface area contributed by atoms with E-state index in [0.717, 1.165) is 11.1 Å². The van der Waals surface area contributed by atoms with E-state index < -0.39 is 18.0 Å². The highest BCUT2D eigenvalue weighted by atomic mass is 32.1. The molecule has 1 N–H and O–H groups in total. The second kappa shape index (κ2) is 10.9. The molecule has 4 aromatic heterocycles. The molecule has 1 atom stereocenters. The standard InChI is InChI=1S/C25H22FN7O5S/c1-12-5-15(20-17(6-12)31-19(35-3)10-27-20)22-32-18-7-16(26)21(33-23(18)39-22)37-11-13(2)38-25(34)30-14-8-28-24(36-4)29-9-14/h5-10,13H,11H2,1-4H3,(H,30,34)/t13-/m1/s1. The second-order valence-corrected chi connectivity index (χ2v) is 9.30. The van der Waals surface area contributed by atoms with E-state index in [1.165, 1.54) is 50.2 Å². The molecule has 0 spiro atoms. The fourth-order valence-electron chi connectivity index (χ4n) is 3.60. The normalized spacial score (nSPS) is 11.8. The molecular weight excluding hydrogens is 529 g/mol. The van der Waals surface area contributed by atoms with Gasteiger partial charge >= 0.3 is 12.1 Å². The summed E-state index contributed by atoms with van der Waals surface area (Å²) in [5, 5.41) is 3.10. The number of pyridine rings is 1. The van der Waals surface area contributed by atoms with Gasteiger partial charge in [0.05, 0.1) is 49.5 Å². The smallest absolute Gasteiger partial charge is 0.412 e. The van der Waals surface area contributed by atoms with E-state index in [1.807, 2.05) is 19.1 Å². The number of benzene rings is 1. The largest absolute Gasteiger partial charge is 0.480 e. The molecule has 1 amide bonds. The minimum Gasteiger partial charge on any atom is -0.480 e. The maximum absolute atomic E-state index is 14.8. The topological polar surface area (TPSA) is 143 Å². The lowest BCUT2D eigenvalue weighted by atomic mass is 10.1. The molecule has 0 fully saturated rings. The number of hydrogen-bond acceptors (Lipinski definition) is 12. The van der Waals surface area contributed by atoms with Gasteiger partial charge in [-0.1, -0.05) is 11.3 Å². The van der Waals surface area contributed by atoms with Crippen molar-refractivity contribution in [2.75, 3.05) is 26.1 Å². The highest BCUT2D eigenvalue weighted by Crippen LogP contribution is 2.35. The molecule has 1 aromatic carbocycles. The van der Waals surface area contributed by atoms with Crippen LogP contribution in [0.5, 0.6) is 17.8 Å². The molecule has 14 heteroatoms. The Balaban J connectivity index is 1.29. The lowest BCUT2D eigenvalue weighted by molar-refractivity contribution is 0.0827. The van der Waals surface area contributed by atoms with E-state index in [0.29, 0.717) is 38.0 Å². The average molecular weight is 552 g/mol. The number of ether oxygens (including phenoxy) is 4. The highest BCUT2D eigenvalue weighted by Gasteiger charge is 2.18. The number of rotatable bonds is 8. The number of halogens is 1. The van der Waals surface area contributed by atoms with Crippen molar-refractivity contribution < 1.29 is 28.1 Å². The van der Waals surface area contributed by atoms with Crippen molar-refractivity contribution in [3.05, 3.63) is 48.2 Å². The summed E-state index contributed by atoms with van der Waals surface area (Å²) in [5.41, 5.74) is 3.70. The van der Waals surface area contributed by atoms with Gasteiger partial charge in [0.15, 0.2) is 5.82 Å². The summed E-state index contributed by atoms with van der Waals surface area (Å²) in [5.74, 6) is -0.514. The molecule has 5 rings (SSSR count). The number of thiazole rings is 1. The maximum atomic E-state index is 14.8. The molecule has 5 aromatic rings. The van der Waals surface area contributed by atoms with Gasteiger partial charge in [-0.05, 0) is 31.5 Å². The van der Waals surface area contributed by atoms with E-state index in [1.54, 1.807) is 6.92 Å². The predicted octanol–water partition coefficient (Wildman–Crippen LogP) is 4.57. The van der Waals surface area contributed by atoms with E-state index in [4.69, 9.17) is 18.9 Å². The molecule has 12 nitrogen and oxygen atoms in total. The number of hydrogen-bond donors (Lipinski definition) is 1. The fraction of sp³-hybridized carbons (Fsp3) is 0.240. The number of anilines is 1. The Kier molecular flexibility index (Phi) is 7.27. The third-order valence-electron chi connectivity index (χ3n) is 5.33. The first-order valence-electron chi connectivity index (χ1n) is 11.6. The third-order valence-corrected chi connectivity index (χ3v) is 6.33. The summed E-state index contributed by atoms with van der Waals surface area (Å²) in [6.45, 7) is 3.41. The zero-order chi connectivity index (χ0) is 27.5. The van der Waals surface area contributed by atoms with Crippen molar-refractivity contribution in [1.29, 1.82) is 0 Å². The third kappa shape index (κ3) is 5.75. The summed E-state index contributed by atoms with van der Waals surface area (Å²) >= 11 is 1.27. The number of aromatic nitrogens is 6. The second-order valence-electron chi connectivity index (χ2n) is 8.32. The van der Waals surface area contributed by atoms with Crippen molar-refractivity contribution in [2.45, 2.75) is 20.0 Å². The summed E-state index contributed by atoms with van der Waals surface area (Å²) in [6, 6.07) is 5.26. The maximum Gasteiger partial charge on any atom is 0.412 e. The van der Waals surface area contributed by atoms with Crippen molar-refractivity contribution in [1.82, 2.24) is 29.9 Å². The van der Waals surface area contributed by atoms with Gasteiger partial charge in [0.25, 0.3) is 5.88 Å². The molecule has 39 heavy (non-hydrogen) atoms. The molecular formula is C25H22FN7O5S. The van der Waals surface area contributed by atoms with Crippen LogP contribution in [-0.4, -0.2) is 62.9 Å². The summed E-state index contributed by atoms with van der Waals surface area (Å²) in [7, 11) is 2.96. The molecule has 0 saturated heterocycles. The Morgan fingerprint density at radius 2 is 1.82 bits per heavy atom. The van der Waals surface area contributed by atoms with Crippen molar-refractivity contribution >= 4 is 44.5 Å². The fourth-order valence-corrected chi connectivity index (χ4v) is 4.53. The first kappa shape index (κ1) is 25.9. The molecule has 0 bridgehead atoms. The minimum atomic E-state index is -0.748. The van der Waals surface area contributed by atoms with Gasteiger partial charge in [0.2, 0.25) is 5.88 Å². The van der Waals surface area contributed by atoms with E-state index in [-0.39, 0.29) is 18.5 Å². The predicted molar refractivity (Wildman–Crippen MR) is 141 cm³/mol. The Morgan fingerprint density at radius 1 is 1.03 bits per heavy atom. The first-order chi connectivity index (χ1) is 18.8. The van der Waals surface area contributed by atoms with E-state index in [9.17, 15) is 9.18 Å². The van der Waals surface area contributed by atoms with Crippen LogP contribution < -0.4 is 19.5 Å². The molecule has 0 unspecified atom stereocenters.